The van der Waals surface area contributed by atoms with Gasteiger partial charge in [-0.05, 0) is 20.8 Å². The first kappa shape index (κ1) is 16.0. The molecule has 1 aromatic rings. The smallest absolute Gasteiger partial charge is 0.360 e. The zero-order valence-corrected chi connectivity index (χ0v) is 12.4. The summed E-state index contributed by atoms with van der Waals surface area (Å²) in [5.41, 5.74) is 10.6. The van der Waals surface area contributed by atoms with E-state index in [1.165, 1.54) is 0 Å². The molecule has 0 bridgehead atoms. The van der Waals surface area contributed by atoms with Crippen molar-refractivity contribution in [2.75, 3.05) is 12.3 Å². The highest BCUT2D eigenvalue weighted by molar-refractivity contribution is 5.92. The Kier molecular flexibility index (Phi) is 4.75. The van der Waals surface area contributed by atoms with Gasteiger partial charge in [0.25, 0.3) is 0 Å². The summed E-state index contributed by atoms with van der Waals surface area (Å²) in [6.45, 7) is 7.56. The first-order valence-corrected chi connectivity index (χ1v) is 6.56. The SMILES string of the molecule is CCOC(=O)c1nc(CC)n(CC(C)(C)C(N)=O)c1N. The highest BCUT2D eigenvalue weighted by Crippen LogP contribution is 2.24. The molecular weight excluding hydrogens is 260 g/mol. The van der Waals surface area contributed by atoms with Gasteiger partial charge in [-0.3, -0.25) is 4.79 Å². The number of carbonyl (C=O) groups is 2. The number of ether oxygens (including phenoxy) is 1. The number of nitrogen functional groups attached to an aromatic ring is 1. The lowest BCUT2D eigenvalue weighted by Crippen LogP contribution is -2.36. The molecule has 0 saturated heterocycles. The Bertz CT molecular complexity index is 520. The number of nitrogens with two attached hydrogens (primary N) is 2. The molecule has 0 fully saturated rings. The molecule has 4 N–H and O–H groups in total. The number of aryl methyl sites for hydroxylation is 1. The first-order valence-electron chi connectivity index (χ1n) is 6.56. The third-order valence-electron chi connectivity index (χ3n) is 3.09. The van der Waals surface area contributed by atoms with Crippen molar-refractivity contribution in [3.8, 4) is 0 Å². The molecule has 20 heavy (non-hydrogen) atoms. The van der Waals surface area contributed by atoms with Crippen LogP contribution >= 0.6 is 0 Å². The third-order valence-corrected chi connectivity index (χ3v) is 3.09. The normalized spacial score (nSPS) is 11.4. The zero-order valence-electron chi connectivity index (χ0n) is 12.4. The van der Waals surface area contributed by atoms with Crippen LogP contribution in [-0.4, -0.2) is 28.0 Å². The lowest BCUT2D eigenvalue weighted by atomic mass is 9.92. The van der Waals surface area contributed by atoms with E-state index in [9.17, 15) is 9.59 Å². The van der Waals surface area contributed by atoms with Crippen LogP contribution in [0.4, 0.5) is 5.82 Å². The minimum absolute atomic E-state index is 0.0870. The van der Waals surface area contributed by atoms with Gasteiger partial charge in [0.15, 0.2) is 5.69 Å². The Morgan fingerprint density at radius 3 is 2.40 bits per heavy atom. The van der Waals surface area contributed by atoms with Gasteiger partial charge in [-0.25, -0.2) is 9.78 Å². The summed E-state index contributed by atoms with van der Waals surface area (Å²) in [6, 6.07) is 0. The van der Waals surface area contributed by atoms with Crippen LogP contribution < -0.4 is 11.5 Å². The molecule has 112 valence electrons. The quantitative estimate of drug-likeness (QED) is 0.746. The number of carbonyl (C=O) groups excluding carboxylic acids is 2. The number of primary amides is 1. The summed E-state index contributed by atoms with van der Waals surface area (Å²) in [5, 5.41) is 0. The van der Waals surface area contributed by atoms with Crippen molar-refractivity contribution in [3.63, 3.8) is 0 Å². The molecule has 1 aromatic heterocycles. The Morgan fingerprint density at radius 2 is 1.95 bits per heavy atom. The van der Waals surface area contributed by atoms with Crippen molar-refractivity contribution < 1.29 is 14.3 Å². The number of hydrogen-bond acceptors (Lipinski definition) is 5. The lowest BCUT2D eigenvalue weighted by molar-refractivity contribution is -0.126. The molecule has 0 radical (unpaired) electrons. The summed E-state index contributed by atoms with van der Waals surface area (Å²) in [5.74, 6) is -0.171. The molecule has 7 heteroatoms. The summed E-state index contributed by atoms with van der Waals surface area (Å²) >= 11 is 0. The fourth-order valence-electron chi connectivity index (χ4n) is 1.78. The monoisotopic (exact) mass is 282 g/mol. The van der Waals surface area contributed by atoms with E-state index in [1.54, 1.807) is 25.3 Å². The third kappa shape index (κ3) is 3.09. The number of rotatable bonds is 6. The van der Waals surface area contributed by atoms with Gasteiger partial charge >= 0.3 is 5.97 Å². The van der Waals surface area contributed by atoms with Crippen LogP contribution in [0.2, 0.25) is 0 Å². The molecule has 0 aliphatic carbocycles. The van der Waals surface area contributed by atoms with E-state index in [0.29, 0.717) is 12.2 Å². The lowest BCUT2D eigenvalue weighted by Gasteiger charge is -2.22. The van der Waals surface area contributed by atoms with E-state index in [1.807, 2.05) is 6.92 Å². The van der Waals surface area contributed by atoms with E-state index < -0.39 is 17.3 Å². The maximum Gasteiger partial charge on any atom is 0.360 e. The van der Waals surface area contributed by atoms with Crippen LogP contribution in [0.25, 0.3) is 0 Å². The Morgan fingerprint density at radius 1 is 1.35 bits per heavy atom. The van der Waals surface area contributed by atoms with Crippen LogP contribution in [0.5, 0.6) is 0 Å². The molecule has 0 aliphatic heterocycles. The average Bonchev–Trinajstić information content (AvgIpc) is 2.66. The number of hydrogen-bond donors (Lipinski definition) is 2. The van der Waals surface area contributed by atoms with E-state index in [2.05, 4.69) is 4.98 Å². The van der Waals surface area contributed by atoms with Crippen molar-refractivity contribution in [1.29, 1.82) is 0 Å². The highest BCUT2D eigenvalue weighted by Gasteiger charge is 2.29. The molecule has 0 aromatic carbocycles. The Labute approximate surface area is 118 Å². The van der Waals surface area contributed by atoms with Crippen molar-refractivity contribution in [3.05, 3.63) is 11.5 Å². The molecule has 1 heterocycles. The van der Waals surface area contributed by atoms with Crippen molar-refractivity contribution in [2.24, 2.45) is 11.1 Å². The van der Waals surface area contributed by atoms with Crippen molar-refractivity contribution in [2.45, 2.75) is 40.7 Å². The van der Waals surface area contributed by atoms with Crippen LogP contribution in [0.1, 0.15) is 44.0 Å². The number of nitrogens with zero attached hydrogens (tertiary/aromatic N) is 2. The number of esters is 1. The fourth-order valence-corrected chi connectivity index (χ4v) is 1.78. The number of aromatic nitrogens is 2. The van der Waals surface area contributed by atoms with E-state index in [4.69, 9.17) is 16.2 Å². The van der Waals surface area contributed by atoms with Crippen molar-refractivity contribution in [1.82, 2.24) is 9.55 Å². The number of imidazole rings is 1. The molecule has 0 atom stereocenters. The van der Waals surface area contributed by atoms with Crippen LogP contribution in [0.15, 0.2) is 0 Å². The molecule has 1 amide bonds. The Hall–Kier alpha value is -2.05. The van der Waals surface area contributed by atoms with Crippen molar-refractivity contribution >= 4 is 17.7 Å². The van der Waals surface area contributed by atoms with Gasteiger partial charge < -0.3 is 20.8 Å². The van der Waals surface area contributed by atoms with Gasteiger partial charge in [0.2, 0.25) is 5.91 Å². The van der Waals surface area contributed by atoms with Gasteiger partial charge in [0.05, 0.1) is 12.0 Å². The second-order valence-electron chi connectivity index (χ2n) is 5.17. The van der Waals surface area contributed by atoms with Gasteiger partial charge in [-0.15, -0.1) is 0 Å². The predicted octanol–water partition coefficient (Wildman–Crippen LogP) is 0.716. The minimum Gasteiger partial charge on any atom is -0.461 e. The average molecular weight is 282 g/mol. The molecule has 1 rings (SSSR count). The molecular formula is C13H22N4O3. The molecule has 0 unspecified atom stereocenters. The van der Waals surface area contributed by atoms with Gasteiger partial charge in [-0.2, -0.15) is 0 Å². The predicted molar refractivity (Wildman–Crippen MR) is 74.9 cm³/mol. The fraction of sp³-hybridized carbons (Fsp3) is 0.615. The summed E-state index contributed by atoms with van der Waals surface area (Å²) < 4.78 is 6.56. The van der Waals surface area contributed by atoms with Crippen LogP contribution in [0.3, 0.4) is 0 Å². The maximum atomic E-state index is 11.8. The second kappa shape index (κ2) is 5.94. The minimum atomic E-state index is -0.787. The maximum absolute atomic E-state index is 11.8. The Balaban J connectivity index is 3.20. The molecule has 0 aliphatic rings. The van der Waals surface area contributed by atoms with Gasteiger partial charge in [-0.1, -0.05) is 6.92 Å². The number of amides is 1. The van der Waals surface area contributed by atoms with Gasteiger partial charge in [0, 0.05) is 13.0 Å². The molecule has 7 nitrogen and oxygen atoms in total. The zero-order chi connectivity index (χ0) is 15.5. The number of anilines is 1. The highest BCUT2D eigenvalue weighted by atomic mass is 16.5. The van der Waals surface area contributed by atoms with Crippen LogP contribution in [0, 0.1) is 5.41 Å². The topological polar surface area (TPSA) is 113 Å². The standard InChI is InChI=1S/C13H22N4O3/c1-5-8-16-9(11(18)20-6-2)10(14)17(8)7-13(3,4)12(15)19/h5-7,14H2,1-4H3,(H2,15,19). The first-order chi connectivity index (χ1) is 9.24. The van der Waals surface area contributed by atoms with Gasteiger partial charge in [0.1, 0.15) is 11.6 Å². The molecule has 0 saturated carbocycles. The summed E-state index contributed by atoms with van der Waals surface area (Å²) in [6.07, 6.45) is 0.582. The largest absolute Gasteiger partial charge is 0.461 e. The summed E-state index contributed by atoms with van der Waals surface area (Å²) in [4.78, 5) is 27.4. The second-order valence-corrected chi connectivity index (χ2v) is 5.17. The van der Waals surface area contributed by atoms with E-state index in [0.717, 1.165) is 0 Å². The van der Waals surface area contributed by atoms with E-state index in [-0.39, 0.29) is 24.7 Å². The summed E-state index contributed by atoms with van der Waals surface area (Å²) in [7, 11) is 0. The molecule has 0 spiro atoms. The van der Waals surface area contributed by atoms with Crippen LogP contribution in [-0.2, 0) is 22.5 Å². The van der Waals surface area contributed by atoms with E-state index >= 15 is 0 Å².